The van der Waals surface area contributed by atoms with E-state index in [2.05, 4.69) is 0 Å². The molecular weight excluding hydrogens is 196 g/mol. The monoisotopic (exact) mass is 214 g/mol. The summed E-state index contributed by atoms with van der Waals surface area (Å²) in [6.45, 7) is 4.87. The second-order valence-corrected chi connectivity index (χ2v) is 4.39. The first-order valence-corrected chi connectivity index (χ1v) is 5.53. The van der Waals surface area contributed by atoms with Crippen LogP contribution in [0.1, 0.15) is 33.1 Å². The molecular formula is C11H18O4. The van der Waals surface area contributed by atoms with Gasteiger partial charge in [0.05, 0.1) is 12.7 Å². The van der Waals surface area contributed by atoms with Gasteiger partial charge in [0, 0.05) is 25.9 Å². The SMILES string of the molecule is CC(=O)C[C@H]1OCC[C@]12CCOC(C)O2. The van der Waals surface area contributed by atoms with Crippen molar-refractivity contribution in [2.75, 3.05) is 13.2 Å². The Morgan fingerprint density at radius 2 is 2.00 bits per heavy atom. The van der Waals surface area contributed by atoms with E-state index in [1.165, 1.54) is 0 Å². The summed E-state index contributed by atoms with van der Waals surface area (Å²) in [6, 6.07) is 0. The van der Waals surface area contributed by atoms with Gasteiger partial charge in [0.1, 0.15) is 11.4 Å². The van der Waals surface area contributed by atoms with Crippen LogP contribution >= 0.6 is 0 Å². The summed E-state index contributed by atoms with van der Waals surface area (Å²) in [5.74, 6) is 0.156. The zero-order chi connectivity index (χ0) is 10.9. The third-order valence-electron chi connectivity index (χ3n) is 3.18. The van der Waals surface area contributed by atoms with Gasteiger partial charge in [-0.25, -0.2) is 0 Å². The van der Waals surface area contributed by atoms with Gasteiger partial charge in [-0.05, 0) is 13.8 Å². The van der Waals surface area contributed by atoms with Crippen LogP contribution in [0.3, 0.4) is 0 Å². The Balaban J connectivity index is 2.07. The number of Topliss-reactive ketones (excluding diaryl/α,β-unsaturated/α-hetero) is 1. The summed E-state index contributed by atoms with van der Waals surface area (Å²) in [6.07, 6.45) is 1.89. The molecule has 4 heteroatoms. The average molecular weight is 214 g/mol. The fraction of sp³-hybridized carbons (Fsp3) is 0.909. The largest absolute Gasteiger partial charge is 0.375 e. The van der Waals surface area contributed by atoms with Crippen molar-refractivity contribution in [3.05, 3.63) is 0 Å². The van der Waals surface area contributed by atoms with Crippen LogP contribution in [-0.2, 0) is 19.0 Å². The van der Waals surface area contributed by atoms with Gasteiger partial charge in [0.25, 0.3) is 0 Å². The highest BCUT2D eigenvalue weighted by Crippen LogP contribution is 2.38. The van der Waals surface area contributed by atoms with Crippen LogP contribution in [0.4, 0.5) is 0 Å². The van der Waals surface area contributed by atoms with Gasteiger partial charge in [-0.2, -0.15) is 0 Å². The standard InChI is InChI=1S/C11H18O4/c1-8(12)7-10-11(4-6-14-10)3-5-13-9(2)15-11/h9-10H,3-7H2,1-2H3/t9?,10-,11-/m1/s1. The molecule has 15 heavy (non-hydrogen) atoms. The van der Waals surface area contributed by atoms with Crippen molar-refractivity contribution in [1.82, 2.24) is 0 Å². The van der Waals surface area contributed by atoms with Crippen molar-refractivity contribution in [2.24, 2.45) is 0 Å². The Labute approximate surface area is 89.9 Å². The molecule has 4 nitrogen and oxygen atoms in total. The fourth-order valence-corrected chi connectivity index (χ4v) is 2.43. The van der Waals surface area contributed by atoms with Crippen molar-refractivity contribution in [2.45, 2.75) is 51.1 Å². The van der Waals surface area contributed by atoms with E-state index in [-0.39, 0.29) is 23.8 Å². The number of rotatable bonds is 2. The lowest BCUT2D eigenvalue weighted by atomic mass is 9.88. The van der Waals surface area contributed by atoms with E-state index in [4.69, 9.17) is 14.2 Å². The molecule has 0 aromatic rings. The van der Waals surface area contributed by atoms with Gasteiger partial charge in [0.15, 0.2) is 6.29 Å². The molecule has 0 saturated carbocycles. The molecule has 3 atom stereocenters. The summed E-state index contributed by atoms with van der Waals surface area (Å²) in [7, 11) is 0. The number of ether oxygens (including phenoxy) is 3. The minimum Gasteiger partial charge on any atom is -0.375 e. The molecule has 0 aromatic carbocycles. The number of ketones is 1. The molecule has 0 amide bonds. The van der Waals surface area contributed by atoms with Gasteiger partial charge in [-0.1, -0.05) is 0 Å². The molecule has 2 aliphatic heterocycles. The zero-order valence-corrected chi connectivity index (χ0v) is 9.32. The van der Waals surface area contributed by atoms with E-state index in [1.54, 1.807) is 6.92 Å². The van der Waals surface area contributed by atoms with Gasteiger partial charge >= 0.3 is 0 Å². The fourth-order valence-electron chi connectivity index (χ4n) is 2.43. The maximum absolute atomic E-state index is 11.1. The van der Waals surface area contributed by atoms with Crippen molar-refractivity contribution >= 4 is 5.78 Å². The molecule has 0 N–H and O–H groups in total. The lowest BCUT2D eigenvalue weighted by Crippen LogP contribution is -2.49. The minimum absolute atomic E-state index is 0.0821. The highest BCUT2D eigenvalue weighted by atomic mass is 16.7. The summed E-state index contributed by atoms with van der Waals surface area (Å²) >= 11 is 0. The van der Waals surface area contributed by atoms with Crippen LogP contribution in [0, 0.1) is 0 Å². The third-order valence-corrected chi connectivity index (χ3v) is 3.18. The molecule has 1 unspecified atom stereocenters. The highest BCUT2D eigenvalue weighted by molar-refractivity contribution is 5.76. The Morgan fingerprint density at radius 1 is 1.33 bits per heavy atom. The lowest BCUT2D eigenvalue weighted by Gasteiger charge is -2.40. The topological polar surface area (TPSA) is 44.8 Å². The third kappa shape index (κ3) is 2.22. The zero-order valence-electron chi connectivity index (χ0n) is 9.32. The van der Waals surface area contributed by atoms with Crippen LogP contribution in [0.25, 0.3) is 0 Å². The molecule has 0 aliphatic carbocycles. The number of carbonyl (C=O) groups is 1. The Morgan fingerprint density at radius 3 is 2.60 bits per heavy atom. The number of hydrogen-bond donors (Lipinski definition) is 0. The summed E-state index contributed by atoms with van der Waals surface area (Å²) in [4.78, 5) is 11.1. The van der Waals surface area contributed by atoms with E-state index in [0.29, 0.717) is 19.6 Å². The predicted octanol–water partition coefficient (Wildman–Crippen LogP) is 1.28. The summed E-state index contributed by atoms with van der Waals surface area (Å²) in [5, 5.41) is 0. The first-order valence-electron chi connectivity index (χ1n) is 5.53. The summed E-state index contributed by atoms with van der Waals surface area (Å²) in [5.41, 5.74) is -0.274. The van der Waals surface area contributed by atoms with Crippen molar-refractivity contribution in [3.63, 3.8) is 0 Å². The predicted molar refractivity (Wildman–Crippen MR) is 53.5 cm³/mol. The van der Waals surface area contributed by atoms with Crippen molar-refractivity contribution in [3.8, 4) is 0 Å². The molecule has 1 spiro atoms. The van der Waals surface area contributed by atoms with Gasteiger partial charge in [-0.15, -0.1) is 0 Å². The number of carbonyl (C=O) groups excluding carboxylic acids is 1. The Bertz CT molecular complexity index is 253. The maximum Gasteiger partial charge on any atom is 0.155 e. The molecule has 2 fully saturated rings. The van der Waals surface area contributed by atoms with Crippen LogP contribution in [0.5, 0.6) is 0 Å². The minimum atomic E-state index is -0.274. The van der Waals surface area contributed by atoms with E-state index in [1.807, 2.05) is 6.92 Å². The first-order chi connectivity index (χ1) is 7.12. The second kappa shape index (κ2) is 4.20. The smallest absolute Gasteiger partial charge is 0.155 e. The maximum atomic E-state index is 11.1. The molecule has 0 radical (unpaired) electrons. The Kier molecular flexibility index (Phi) is 3.09. The molecule has 0 bridgehead atoms. The second-order valence-electron chi connectivity index (χ2n) is 4.39. The van der Waals surface area contributed by atoms with E-state index < -0.39 is 0 Å². The molecule has 86 valence electrons. The summed E-state index contributed by atoms with van der Waals surface area (Å²) < 4.78 is 16.8. The van der Waals surface area contributed by atoms with E-state index in [9.17, 15) is 4.79 Å². The molecule has 0 aromatic heterocycles. The molecule has 2 heterocycles. The molecule has 2 rings (SSSR count). The first kappa shape index (κ1) is 11.0. The van der Waals surface area contributed by atoms with Crippen LogP contribution in [0.2, 0.25) is 0 Å². The van der Waals surface area contributed by atoms with Crippen molar-refractivity contribution in [1.29, 1.82) is 0 Å². The van der Waals surface area contributed by atoms with Crippen LogP contribution < -0.4 is 0 Å². The quantitative estimate of drug-likeness (QED) is 0.694. The molecule has 2 aliphatic rings. The van der Waals surface area contributed by atoms with E-state index >= 15 is 0 Å². The van der Waals surface area contributed by atoms with Crippen molar-refractivity contribution < 1.29 is 19.0 Å². The highest BCUT2D eigenvalue weighted by Gasteiger charge is 2.48. The lowest BCUT2D eigenvalue weighted by molar-refractivity contribution is -0.260. The van der Waals surface area contributed by atoms with Crippen LogP contribution in [0.15, 0.2) is 0 Å². The van der Waals surface area contributed by atoms with E-state index in [0.717, 1.165) is 12.8 Å². The van der Waals surface area contributed by atoms with Gasteiger partial charge in [0.2, 0.25) is 0 Å². The number of hydrogen-bond acceptors (Lipinski definition) is 4. The van der Waals surface area contributed by atoms with Gasteiger partial charge < -0.3 is 14.2 Å². The Hall–Kier alpha value is -0.450. The van der Waals surface area contributed by atoms with Crippen LogP contribution in [-0.4, -0.2) is 37.0 Å². The molecule has 2 saturated heterocycles. The average Bonchev–Trinajstić information content (AvgIpc) is 2.48. The van der Waals surface area contributed by atoms with Gasteiger partial charge in [-0.3, -0.25) is 4.79 Å². The normalized spacial score (nSPS) is 40.9.